The first-order valence-corrected chi connectivity index (χ1v) is 12.7. The molecule has 0 aliphatic carbocycles. The molecule has 8 nitrogen and oxygen atoms in total. The van der Waals surface area contributed by atoms with Gasteiger partial charge >= 0.3 is 0 Å². The molecule has 2 saturated heterocycles. The molecule has 0 atom stereocenters. The van der Waals surface area contributed by atoms with E-state index in [4.69, 9.17) is 9.47 Å². The lowest BCUT2D eigenvalue weighted by Gasteiger charge is -2.39. The number of fused-ring (bicyclic) bond motifs is 1. The summed E-state index contributed by atoms with van der Waals surface area (Å²) in [6, 6.07) is 5.30. The number of hydrogen-bond acceptors (Lipinski definition) is 6. The van der Waals surface area contributed by atoms with Crippen LogP contribution in [-0.2, 0) is 14.8 Å². The van der Waals surface area contributed by atoms with Crippen LogP contribution in [0.5, 0.6) is 11.5 Å². The van der Waals surface area contributed by atoms with Crippen molar-refractivity contribution >= 4 is 15.9 Å². The zero-order valence-electron chi connectivity index (χ0n) is 18.5. The predicted molar refractivity (Wildman–Crippen MR) is 117 cm³/mol. The Balaban J connectivity index is 1.36. The smallest absolute Gasteiger partial charge is 0.243 e. The molecule has 2 fully saturated rings. The highest BCUT2D eigenvalue weighted by atomic mass is 32.2. The van der Waals surface area contributed by atoms with E-state index in [1.165, 1.54) is 4.31 Å². The summed E-state index contributed by atoms with van der Waals surface area (Å²) in [5.41, 5.74) is 0. The normalized spacial score (nSPS) is 21.8. The third-order valence-corrected chi connectivity index (χ3v) is 8.41. The summed E-state index contributed by atoms with van der Waals surface area (Å²) in [7, 11) is -3.63. The van der Waals surface area contributed by atoms with Gasteiger partial charge in [-0.05, 0) is 38.8 Å². The molecule has 1 aromatic rings. The van der Waals surface area contributed by atoms with Crippen LogP contribution in [0.3, 0.4) is 0 Å². The fourth-order valence-electron chi connectivity index (χ4n) is 4.51. The molecule has 3 aliphatic rings. The molecule has 0 bridgehead atoms. The molecule has 0 N–H and O–H groups in total. The number of carbonyl (C=O) groups excluding carboxylic acids is 1. The lowest BCUT2D eigenvalue weighted by molar-refractivity contribution is -0.138. The Morgan fingerprint density at radius 2 is 1.61 bits per heavy atom. The number of nitrogens with zero attached hydrogens (tertiary/aromatic N) is 3. The maximum Gasteiger partial charge on any atom is 0.243 e. The minimum absolute atomic E-state index is 0.0965. The first-order chi connectivity index (χ1) is 14.9. The third-order valence-electron chi connectivity index (χ3n) is 6.52. The highest BCUT2D eigenvalue weighted by molar-refractivity contribution is 7.89. The number of ether oxygens (including phenoxy) is 2. The van der Waals surface area contributed by atoms with Crippen molar-refractivity contribution in [1.82, 2.24) is 14.1 Å². The van der Waals surface area contributed by atoms with Gasteiger partial charge in [0.2, 0.25) is 15.9 Å². The van der Waals surface area contributed by atoms with E-state index in [1.807, 2.05) is 4.90 Å². The summed E-state index contributed by atoms with van der Waals surface area (Å²) >= 11 is 0. The molecule has 31 heavy (non-hydrogen) atoms. The summed E-state index contributed by atoms with van der Waals surface area (Å²) in [6.45, 7) is 9.47. The maximum absolute atomic E-state index is 13.2. The van der Waals surface area contributed by atoms with E-state index in [0.717, 1.165) is 32.6 Å². The molecule has 9 heteroatoms. The molecule has 1 aromatic carbocycles. The van der Waals surface area contributed by atoms with E-state index in [9.17, 15) is 13.2 Å². The second-order valence-electron chi connectivity index (χ2n) is 8.79. The number of amides is 1. The average Bonchev–Trinajstić information content (AvgIpc) is 3.03. The number of piperidine rings is 1. The summed E-state index contributed by atoms with van der Waals surface area (Å²) in [6.07, 6.45) is 1.89. The summed E-state index contributed by atoms with van der Waals surface area (Å²) in [5.74, 6) is 1.14. The topological polar surface area (TPSA) is 79.4 Å². The van der Waals surface area contributed by atoms with E-state index in [1.54, 1.807) is 18.2 Å². The van der Waals surface area contributed by atoms with Gasteiger partial charge in [0.15, 0.2) is 11.5 Å². The van der Waals surface area contributed by atoms with Crippen LogP contribution in [-0.4, -0.2) is 87.0 Å². The van der Waals surface area contributed by atoms with Crippen molar-refractivity contribution in [3.8, 4) is 11.5 Å². The first kappa shape index (κ1) is 22.4. The van der Waals surface area contributed by atoms with Crippen molar-refractivity contribution in [3.05, 3.63) is 18.2 Å². The van der Waals surface area contributed by atoms with Gasteiger partial charge in [0, 0.05) is 63.7 Å². The van der Waals surface area contributed by atoms with Crippen LogP contribution in [0.2, 0.25) is 0 Å². The molecule has 3 heterocycles. The standard InChI is InChI=1S/C22H33N3O5S/c1-17(2)23-10-12-24(13-11-23)22(26)18-6-8-25(9-7-18)31(27,28)19-4-5-20-21(16-19)30-15-3-14-29-20/h4-5,16-18H,3,6-15H2,1-2H3. The number of rotatable bonds is 4. The molecule has 0 radical (unpaired) electrons. The van der Waals surface area contributed by atoms with Crippen molar-refractivity contribution in [3.63, 3.8) is 0 Å². The van der Waals surface area contributed by atoms with Crippen LogP contribution < -0.4 is 9.47 Å². The Morgan fingerprint density at radius 3 is 2.26 bits per heavy atom. The first-order valence-electron chi connectivity index (χ1n) is 11.3. The van der Waals surface area contributed by atoms with Gasteiger partial charge in [-0.1, -0.05) is 0 Å². The van der Waals surface area contributed by atoms with Crippen LogP contribution in [0.25, 0.3) is 0 Å². The van der Waals surface area contributed by atoms with Crippen LogP contribution in [0.4, 0.5) is 0 Å². The molecule has 3 aliphatic heterocycles. The molecular weight excluding hydrogens is 418 g/mol. The molecular formula is C22H33N3O5S. The second kappa shape index (κ2) is 9.34. The molecule has 0 unspecified atom stereocenters. The van der Waals surface area contributed by atoms with Crippen molar-refractivity contribution < 1.29 is 22.7 Å². The quantitative estimate of drug-likeness (QED) is 0.695. The molecule has 0 aromatic heterocycles. The highest BCUT2D eigenvalue weighted by Crippen LogP contribution is 2.34. The second-order valence-corrected chi connectivity index (χ2v) is 10.7. The Hall–Kier alpha value is -1.84. The van der Waals surface area contributed by atoms with E-state index >= 15 is 0 Å². The minimum Gasteiger partial charge on any atom is -0.490 e. The Labute approximate surface area is 185 Å². The molecule has 172 valence electrons. The molecule has 4 rings (SSSR count). The SMILES string of the molecule is CC(C)N1CCN(C(=O)C2CCN(S(=O)(=O)c3ccc4c(c3)OCCCO4)CC2)CC1. The van der Waals surface area contributed by atoms with E-state index in [-0.39, 0.29) is 16.7 Å². The van der Waals surface area contributed by atoms with Gasteiger partial charge in [-0.2, -0.15) is 4.31 Å². The number of carbonyl (C=O) groups is 1. The Bertz CT molecular complexity index is 888. The van der Waals surface area contributed by atoms with Crippen LogP contribution >= 0.6 is 0 Å². The maximum atomic E-state index is 13.2. The van der Waals surface area contributed by atoms with Crippen LogP contribution in [0.1, 0.15) is 33.1 Å². The van der Waals surface area contributed by atoms with Gasteiger partial charge in [-0.25, -0.2) is 8.42 Å². The largest absolute Gasteiger partial charge is 0.490 e. The van der Waals surface area contributed by atoms with Gasteiger partial charge < -0.3 is 14.4 Å². The number of sulfonamides is 1. The summed E-state index contributed by atoms with van der Waals surface area (Å²) < 4.78 is 39.1. The third kappa shape index (κ3) is 4.83. The molecule has 0 saturated carbocycles. The molecule has 0 spiro atoms. The van der Waals surface area contributed by atoms with E-state index in [0.29, 0.717) is 56.7 Å². The highest BCUT2D eigenvalue weighted by Gasteiger charge is 2.35. The van der Waals surface area contributed by atoms with Crippen molar-refractivity contribution in [2.45, 2.75) is 44.0 Å². The monoisotopic (exact) mass is 451 g/mol. The molecule has 1 amide bonds. The Morgan fingerprint density at radius 1 is 0.968 bits per heavy atom. The van der Waals surface area contributed by atoms with E-state index in [2.05, 4.69) is 18.7 Å². The number of piperazine rings is 1. The van der Waals surface area contributed by atoms with Gasteiger partial charge in [-0.15, -0.1) is 0 Å². The fourth-order valence-corrected chi connectivity index (χ4v) is 6.00. The zero-order chi connectivity index (χ0) is 22.0. The van der Waals surface area contributed by atoms with Gasteiger partial charge in [0.25, 0.3) is 0 Å². The van der Waals surface area contributed by atoms with Gasteiger partial charge in [0.1, 0.15) is 0 Å². The average molecular weight is 452 g/mol. The lowest BCUT2D eigenvalue weighted by Crippen LogP contribution is -2.53. The van der Waals surface area contributed by atoms with Crippen LogP contribution in [0.15, 0.2) is 23.1 Å². The van der Waals surface area contributed by atoms with Gasteiger partial charge in [-0.3, -0.25) is 9.69 Å². The minimum atomic E-state index is -3.63. The summed E-state index contributed by atoms with van der Waals surface area (Å²) in [4.78, 5) is 17.5. The van der Waals surface area contributed by atoms with E-state index < -0.39 is 10.0 Å². The number of hydrogen-bond donors (Lipinski definition) is 0. The lowest BCUT2D eigenvalue weighted by atomic mass is 9.96. The van der Waals surface area contributed by atoms with Gasteiger partial charge in [0.05, 0.1) is 18.1 Å². The van der Waals surface area contributed by atoms with Crippen molar-refractivity contribution in [2.75, 3.05) is 52.5 Å². The zero-order valence-corrected chi connectivity index (χ0v) is 19.3. The predicted octanol–water partition coefficient (Wildman–Crippen LogP) is 1.80. The Kier molecular flexibility index (Phi) is 6.74. The van der Waals surface area contributed by atoms with Crippen molar-refractivity contribution in [2.24, 2.45) is 5.92 Å². The number of benzene rings is 1. The fraction of sp³-hybridized carbons (Fsp3) is 0.682. The van der Waals surface area contributed by atoms with Crippen molar-refractivity contribution in [1.29, 1.82) is 0 Å². The van der Waals surface area contributed by atoms with Crippen LogP contribution in [0, 0.1) is 5.92 Å². The summed E-state index contributed by atoms with van der Waals surface area (Å²) in [5, 5.41) is 0.